The van der Waals surface area contributed by atoms with Gasteiger partial charge in [-0.1, -0.05) is 36.4 Å². The van der Waals surface area contributed by atoms with Crippen LogP contribution in [0.5, 0.6) is 0 Å². The van der Waals surface area contributed by atoms with Crippen molar-refractivity contribution >= 4 is 51.4 Å². The number of para-hydroxylation sites is 6. The van der Waals surface area contributed by atoms with Crippen molar-refractivity contribution in [3.8, 4) is 0 Å². The molecule has 0 fully saturated rings. The number of imidazole rings is 3. The van der Waals surface area contributed by atoms with Crippen molar-refractivity contribution in [1.82, 2.24) is 28.0 Å². The maximum absolute atomic E-state index is 6.52. The average molecular weight is 414 g/mol. The highest BCUT2D eigenvalue weighted by Crippen LogP contribution is 2.54. The number of benzene rings is 3. The number of hydrogen-bond acceptors (Lipinski definition) is 4. The van der Waals surface area contributed by atoms with Gasteiger partial charge in [-0.25, -0.2) is 15.0 Å². The van der Waals surface area contributed by atoms with Gasteiger partial charge in [0, 0.05) is 0 Å². The van der Waals surface area contributed by atoms with Crippen LogP contribution in [0.2, 0.25) is 0 Å². The third-order valence-corrected chi connectivity index (χ3v) is 9.37. The second-order valence-electron chi connectivity index (χ2n) is 6.75. The van der Waals surface area contributed by atoms with Crippen LogP contribution < -0.4 is 0 Å². The van der Waals surface area contributed by atoms with Crippen LogP contribution >= 0.6 is 6.49 Å². The lowest BCUT2D eigenvalue weighted by atomic mass is 10.3. The van der Waals surface area contributed by atoms with Crippen LogP contribution in [0.15, 0.2) is 91.8 Å². The fourth-order valence-corrected chi connectivity index (χ4v) is 7.47. The predicted molar refractivity (Wildman–Crippen MR) is 120 cm³/mol. The highest BCUT2D eigenvalue weighted by atomic mass is 32.4. The molecule has 3 aromatic carbocycles. The van der Waals surface area contributed by atoms with Crippen molar-refractivity contribution in [2.75, 3.05) is 0 Å². The van der Waals surface area contributed by atoms with Gasteiger partial charge in [0.15, 0.2) is 0 Å². The van der Waals surface area contributed by atoms with Crippen molar-refractivity contribution in [2.45, 2.75) is 0 Å². The van der Waals surface area contributed by atoms with E-state index in [4.69, 9.17) is 11.8 Å². The van der Waals surface area contributed by atoms with Gasteiger partial charge in [0.05, 0.1) is 33.1 Å². The first kappa shape index (κ1) is 16.7. The Kier molecular flexibility index (Phi) is 3.51. The van der Waals surface area contributed by atoms with Crippen molar-refractivity contribution in [3.05, 3.63) is 91.8 Å². The van der Waals surface area contributed by atoms with Gasteiger partial charge >= 0.3 is 0 Å². The quantitative estimate of drug-likeness (QED) is 0.386. The zero-order valence-corrected chi connectivity index (χ0v) is 16.9. The smallest absolute Gasteiger partial charge is 0.235 e. The molecule has 0 amide bonds. The lowest BCUT2D eigenvalue weighted by Gasteiger charge is -2.27. The van der Waals surface area contributed by atoms with Crippen molar-refractivity contribution in [1.29, 1.82) is 0 Å². The maximum atomic E-state index is 6.52. The van der Waals surface area contributed by atoms with Gasteiger partial charge in [-0.15, -0.1) is 0 Å². The first-order valence-electron chi connectivity index (χ1n) is 9.16. The Balaban J connectivity index is 1.77. The monoisotopic (exact) mass is 414 g/mol. The molecule has 29 heavy (non-hydrogen) atoms. The van der Waals surface area contributed by atoms with Crippen LogP contribution in [0.3, 0.4) is 0 Å². The van der Waals surface area contributed by atoms with Crippen molar-refractivity contribution < 1.29 is 0 Å². The molecule has 140 valence electrons. The van der Waals surface area contributed by atoms with Crippen LogP contribution in [0.25, 0.3) is 33.1 Å². The fraction of sp³-hybridized carbons (Fsp3) is 0. The molecule has 0 unspecified atom stereocenters. The molecule has 8 heteroatoms. The Hall–Kier alpha value is -3.28. The number of nitrogens with zero attached hydrogens (tertiary/aromatic N) is 6. The number of fused-ring (bicyclic) bond motifs is 3. The van der Waals surface area contributed by atoms with E-state index < -0.39 is 6.49 Å². The average Bonchev–Trinajstić information content (AvgIpc) is 3.49. The van der Waals surface area contributed by atoms with Crippen molar-refractivity contribution in [2.24, 2.45) is 0 Å². The summed E-state index contributed by atoms with van der Waals surface area (Å²) in [7, 11) is 0. The standard InChI is InChI=1S/C21H15N6PS/c29-28(25-13-22-16-7-1-4-10-19(16)25,26-14-23-17-8-2-5-11-20(17)26)27-15-24-18-9-3-6-12-21(18)27/h1-15H. The van der Waals surface area contributed by atoms with E-state index in [9.17, 15) is 0 Å². The summed E-state index contributed by atoms with van der Waals surface area (Å²) in [5.74, 6) is 0. The Morgan fingerprint density at radius 3 is 1.17 bits per heavy atom. The molecule has 0 aliphatic carbocycles. The van der Waals surface area contributed by atoms with E-state index in [1.807, 2.05) is 73.6 Å². The lowest BCUT2D eigenvalue weighted by molar-refractivity contribution is 1.06. The van der Waals surface area contributed by atoms with E-state index in [-0.39, 0.29) is 0 Å². The summed E-state index contributed by atoms with van der Waals surface area (Å²) in [6.07, 6.45) is 5.53. The third kappa shape index (κ3) is 2.29. The SMILES string of the molecule is S=P(n1cnc2ccccc21)(n1cnc2ccccc21)n1cnc2ccccc21. The summed E-state index contributed by atoms with van der Waals surface area (Å²) in [5.41, 5.74) is 5.71. The lowest BCUT2D eigenvalue weighted by Crippen LogP contribution is -2.11. The molecular weight excluding hydrogens is 399 g/mol. The van der Waals surface area contributed by atoms with E-state index in [0.717, 1.165) is 33.1 Å². The Morgan fingerprint density at radius 1 is 0.517 bits per heavy atom. The number of rotatable bonds is 3. The number of hydrogen-bond donors (Lipinski definition) is 0. The molecule has 0 radical (unpaired) electrons. The Bertz CT molecular complexity index is 1370. The van der Waals surface area contributed by atoms with Gasteiger partial charge < -0.3 is 0 Å². The highest BCUT2D eigenvalue weighted by Gasteiger charge is 2.29. The molecule has 0 spiro atoms. The first-order valence-corrected chi connectivity index (χ1v) is 11.8. The molecule has 0 atom stereocenters. The van der Waals surface area contributed by atoms with Gasteiger partial charge in [-0.3, -0.25) is 13.0 Å². The van der Waals surface area contributed by atoms with Gasteiger partial charge in [0.1, 0.15) is 19.0 Å². The fourth-order valence-electron chi connectivity index (χ4n) is 3.77. The molecule has 6 nitrogen and oxygen atoms in total. The number of aromatic nitrogens is 6. The summed E-state index contributed by atoms with van der Waals surface area (Å²) >= 11 is 6.52. The second-order valence-corrected chi connectivity index (χ2v) is 10.5. The van der Waals surface area contributed by atoms with E-state index in [1.54, 1.807) is 0 Å². The van der Waals surface area contributed by atoms with Crippen molar-refractivity contribution in [3.63, 3.8) is 0 Å². The largest absolute Gasteiger partial charge is 0.268 e. The Morgan fingerprint density at radius 2 is 0.828 bits per heavy atom. The maximum Gasteiger partial charge on any atom is 0.235 e. The van der Waals surface area contributed by atoms with Crippen LogP contribution in [-0.4, -0.2) is 28.0 Å². The molecular formula is C21H15N6PS. The summed E-state index contributed by atoms with van der Waals surface area (Å²) in [4.78, 5) is 13.9. The normalized spacial score (nSPS) is 12.3. The first-order chi connectivity index (χ1) is 14.3. The summed E-state index contributed by atoms with van der Waals surface area (Å²) in [5, 5.41) is 0. The molecule has 0 N–H and O–H groups in total. The van der Waals surface area contributed by atoms with Gasteiger partial charge in [-0.2, -0.15) is 0 Å². The highest BCUT2D eigenvalue weighted by molar-refractivity contribution is 8.12. The minimum atomic E-state index is -2.67. The van der Waals surface area contributed by atoms with Crippen LogP contribution in [0.1, 0.15) is 0 Å². The van der Waals surface area contributed by atoms with E-state index in [0.29, 0.717) is 0 Å². The zero-order valence-electron chi connectivity index (χ0n) is 15.2. The van der Waals surface area contributed by atoms with Gasteiger partial charge in [-0.05, 0) is 48.2 Å². The molecule has 6 rings (SSSR count). The van der Waals surface area contributed by atoms with E-state index >= 15 is 0 Å². The summed E-state index contributed by atoms with van der Waals surface area (Å²) < 4.78 is 6.33. The minimum Gasteiger partial charge on any atom is -0.268 e. The van der Waals surface area contributed by atoms with Crippen LogP contribution in [-0.2, 0) is 11.8 Å². The molecule has 0 saturated heterocycles. The topological polar surface area (TPSA) is 53.5 Å². The van der Waals surface area contributed by atoms with Crippen LogP contribution in [0.4, 0.5) is 0 Å². The molecule has 0 saturated carbocycles. The molecule has 0 aliphatic rings. The summed E-state index contributed by atoms with van der Waals surface area (Å²) in [6.45, 7) is -2.67. The summed E-state index contributed by atoms with van der Waals surface area (Å²) in [6, 6.07) is 24.2. The van der Waals surface area contributed by atoms with E-state index in [1.165, 1.54) is 0 Å². The van der Waals surface area contributed by atoms with E-state index in [2.05, 4.69) is 46.2 Å². The van der Waals surface area contributed by atoms with Gasteiger partial charge in [0.2, 0.25) is 6.49 Å². The zero-order chi connectivity index (χ0) is 19.4. The van der Waals surface area contributed by atoms with Gasteiger partial charge in [0.25, 0.3) is 0 Å². The second kappa shape index (κ2) is 6.11. The third-order valence-electron chi connectivity index (χ3n) is 5.15. The Labute approximate surface area is 171 Å². The minimum absolute atomic E-state index is 0.913. The molecule has 3 aromatic heterocycles. The van der Waals surface area contributed by atoms with Crippen LogP contribution in [0, 0.1) is 0 Å². The molecule has 6 aromatic rings. The molecule has 0 bridgehead atoms. The molecule has 0 aliphatic heterocycles. The predicted octanol–water partition coefficient (Wildman–Crippen LogP) is 4.90. The molecule has 3 heterocycles.